The summed E-state index contributed by atoms with van der Waals surface area (Å²) in [6, 6.07) is -1.53. The fourth-order valence-corrected chi connectivity index (χ4v) is 1.46. The quantitative estimate of drug-likeness (QED) is 0.401. The molecule has 10 heteroatoms. The Balaban J connectivity index is 4.19. The molecule has 0 spiro atoms. The molecule has 0 aliphatic heterocycles. The van der Waals surface area contributed by atoms with Crippen LogP contribution in [0.15, 0.2) is 0 Å². The predicted octanol–water partition coefficient (Wildman–Crippen LogP) is -2.03. The zero-order chi connectivity index (χ0) is 14.3. The van der Waals surface area contributed by atoms with Gasteiger partial charge in [-0.3, -0.25) is 9.59 Å². The lowest BCUT2D eigenvalue weighted by atomic mass is 10.2. The summed E-state index contributed by atoms with van der Waals surface area (Å²) in [6.45, 7) is -0.190. The van der Waals surface area contributed by atoms with Crippen LogP contribution in [-0.2, 0) is 24.4 Å². The van der Waals surface area contributed by atoms with Crippen molar-refractivity contribution in [3.8, 4) is 0 Å². The van der Waals surface area contributed by atoms with Crippen molar-refractivity contribution >= 4 is 27.9 Å². The number of hydrogen-bond donors (Lipinski definition) is 4. The van der Waals surface area contributed by atoms with Gasteiger partial charge in [0.15, 0.2) is 0 Å². The Kier molecular flexibility index (Phi) is 6.27. The van der Waals surface area contributed by atoms with Crippen LogP contribution in [0.2, 0.25) is 0 Å². The molecule has 0 bridgehead atoms. The summed E-state index contributed by atoms with van der Waals surface area (Å²) in [4.78, 5) is 32.2. The highest BCUT2D eigenvalue weighted by Crippen LogP contribution is 1.94. The number of carboxylic acids is 2. The Morgan fingerprint density at radius 1 is 1.22 bits per heavy atom. The van der Waals surface area contributed by atoms with E-state index in [0.717, 1.165) is 6.26 Å². The Morgan fingerprint density at radius 3 is 2.17 bits per heavy atom. The van der Waals surface area contributed by atoms with Gasteiger partial charge < -0.3 is 15.5 Å². The van der Waals surface area contributed by atoms with Crippen LogP contribution in [0.25, 0.3) is 0 Å². The van der Waals surface area contributed by atoms with Gasteiger partial charge in [-0.1, -0.05) is 0 Å². The van der Waals surface area contributed by atoms with Crippen LogP contribution in [0.1, 0.15) is 12.8 Å². The number of sulfonamides is 1. The van der Waals surface area contributed by atoms with E-state index in [-0.39, 0.29) is 13.0 Å². The average molecular weight is 282 g/mol. The van der Waals surface area contributed by atoms with Gasteiger partial charge in [0, 0.05) is 13.0 Å². The first-order valence-corrected chi connectivity index (χ1v) is 6.69. The minimum atomic E-state index is -3.42. The van der Waals surface area contributed by atoms with Crippen LogP contribution < -0.4 is 10.0 Å². The van der Waals surface area contributed by atoms with Crippen LogP contribution in [0.4, 0.5) is 0 Å². The van der Waals surface area contributed by atoms with E-state index in [2.05, 4.69) is 0 Å². The number of hydrogen-bond acceptors (Lipinski definition) is 5. The summed E-state index contributed by atoms with van der Waals surface area (Å²) in [5.74, 6) is -3.58. The summed E-state index contributed by atoms with van der Waals surface area (Å²) >= 11 is 0. The van der Waals surface area contributed by atoms with Gasteiger partial charge in [0.1, 0.15) is 6.04 Å². The largest absolute Gasteiger partial charge is 0.481 e. The maximum absolute atomic E-state index is 11.2. The molecule has 0 aromatic heterocycles. The SMILES string of the molecule is CS(=O)(=O)NCCC(=O)NC(CC(=O)O)C(=O)O. The molecule has 104 valence electrons. The molecule has 1 atom stereocenters. The highest BCUT2D eigenvalue weighted by molar-refractivity contribution is 7.88. The minimum Gasteiger partial charge on any atom is -0.481 e. The van der Waals surface area contributed by atoms with Crippen molar-refractivity contribution < 1.29 is 33.0 Å². The summed E-state index contributed by atoms with van der Waals surface area (Å²) in [5.41, 5.74) is 0. The number of carboxylic acid groups (broad SMARTS) is 2. The fraction of sp³-hybridized carbons (Fsp3) is 0.625. The van der Waals surface area contributed by atoms with E-state index in [1.807, 2.05) is 10.0 Å². The first-order chi connectivity index (χ1) is 8.11. The van der Waals surface area contributed by atoms with E-state index < -0.39 is 40.3 Å². The normalized spacial score (nSPS) is 12.7. The lowest BCUT2D eigenvalue weighted by molar-refractivity contribution is -0.147. The van der Waals surface area contributed by atoms with Gasteiger partial charge in [-0.2, -0.15) is 0 Å². The average Bonchev–Trinajstić information content (AvgIpc) is 2.13. The van der Waals surface area contributed by atoms with Crippen molar-refractivity contribution in [1.82, 2.24) is 10.0 Å². The van der Waals surface area contributed by atoms with Crippen LogP contribution in [0.5, 0.6) is 0 Å². The summed E-state index contributed by atoms with van der Waals surface area (Å²) < 4.78 is 23.4. The smallest absolute Gasteiger partial charge is 0.326 e. The van der Waals surface area contributed by atoms with E-state index in [9.17, 15) is 22.8 Å². The standard InChI is InChI=1S/C8H14N2O7S/c1-18(16,17)9-3-2-6(11)10-5(8(14)15)4-7(12)13/h5,9H,2-4H2,1H3,(H,10,11)(H,12,13)(H,14,15). The number of carbonyl (C=O) groups is 3. The lowest BCUT2D eigenvalue weighted by Gasteiger charge is -2.12. The topological polar surface area (TPSA) is 150 Å². The van der Waals surface area contributed by atoms with E-state index in [1.54, 1.807) is 0 Å². The van der Waals surface area contributed by atoms with E-state index >= 15 is 0 Å². The number of carbonyl (C=O) groups excluding carboxylic acids is 1. The van der Waals surface area contributed by atoms with Crippen LogP contribution in [0.3, 0.4) is 0 Å². The molecular weight excluding hydrogens is 268 g/mol. The third kappa shape index (κ3) is 8.47. The maximum Gasteiger partial charge on any atom is 0.326 e. The van der Waals surface area contributed by atoms with Gasteiger partial charge >= 0.3 is 11.9 Å². The van der Waals surface area contributed by atoms with E-state index in [4.69, 9.17) is 10.2 Å². The second-order valence-corrected chi connectivity index (χ2v) is 5.31. The van der Waals surface area contributed by atoms with Gasteiger partial charge in [0.25, 0.3) is 0 Å². The van der Waals surface area contributed by atoms with E-state index in [1.165, 1.54) is 0 Å². The molecular formula is C8H14N2O7S. The molecule has 0 aromatic rings. The van der Waals surface area contributed by atoms with Crippen molar-refractivity contribution in [2.24, 2.45) is 0 Å². The van der Waals surface area contributed by atoms with Crippen LogP contribution in [0, 0.1) is 0 Å². The number of rotatable bonds is 8. The molecule has 0 aromatic carbocycles. The fourth-order valence-electron chi connectivity index (χ4n) is 0.991. The third-order valence-electron chi connectivity index (χ3n) is 1.73. The van der Waals surface area contributed by atoms with Gasteiger partial charge in [-0.25, -0.2) is 17.9 Å². The molecule has 18 heavy (non-hydrogen) atoms. The molecule has 0 aliphatic carbocycles. The van der Waals surface area contributed by atoms with Crippen molar-refractivity contribution in [2.45, 2.75) is 18.9 Å². The number of nitrogens with one attached hydrogen (secondary N) is 2. The van der Waals surface area contributed by atoms with Crippen molar-refractivity contribution in [3.05, 3.63) is 0 Å². The molecule has 0 radical (unpaired) electrons. The molecule has 0 fully saturated rings. The van der Waals surface area contributed by atoms with Crippen molar-refractivity contribution in [2.75, 3.05) is 12.8 Å². The second-order valence-electron chi connectivity index (χ2n) is 3.47. The van der Waals surface area contributed by atoms with Gasteiger partial charge in [-0.05, 0) is 0 Å². The summed E-state index contributed by atoms with van der Waals surface area (Å²) in [5, 5.41) is 19.0. The molecule has 0 saturated carbocycles. The Labute approximate surface area is 103 Å². The molecule has 1 unspecified atom stereocenters. The molecule has 1 amide bonds. The van der Waals surface area contributed by atoms with Crippen LogP contribution >= 0.6 is 0 Å². The second kappa shape index (κ2) is 6.91. The van der Waals surface area contributed by atoms with Gasteiger partial charge in [0.2, 0.25) is 15.9 Å². The predicted molar refractivity (Wildman–Crippen MR) is 59.3 cm³/mol. The zero-order valence-electron chi connectivity index (χ0n) is 9.54. The van der Waals surface area contributed by atoms with Gasteiger partial charge in [-0.15, -0.1) is 0 Å². The summed E-state index contributed by atoms with van der Waals surface area (Å²) in [6.07, 6.45) is -0.119. The highest BCUT2D eigenvalue weighted by Gasteiger charge is 2.22. The molecule has 0 heterocycles. The Hall–Kier alpha value is -1.68. The number of amides is 1. The molecule has 0 saturated heterocycles. The molecule has 9 nitrogen and oxygen atoms in total. The lowest BCUT2D eigenvalue weighted by Crippen LogP contribution is -2.43. The van der Waals surface area contributed by atoms with Crippen molar-refractivity contribution in [3.63, 3.8) is 0 Å². The first-order valence-electron chi connectivity index (χ1n) is 4.80. The molecule has 4 N–H and O–H groups in total. The molecule has 0 aliphatic rings. The number of aliphatic carboxylic acids is 2. The Bertz CT molecular complexity index is 431. The van der Waals surface area contributed by atoms with Crippen LogP contribution in [-0.4, -0.2) is 55.3 Å². The highest BCUT2D eigenvalue weighted by atomic mass is 32.2. The third-order valence-corrected chi connectivity index (χ3v) is 2.46. The van der Waals surface area contributed by atoms with Crippen molar-refractivity contribution in [1.29, 1.82) is 0 Å². The monoisotopic (exact) mass is 282 g/mol. The zero-order valence-corrected chi connectivity index (χ0v) is 10.4. The summed E-state index contributed by atoms with van der Waals surface area (Å²) in [7, 11) is -3.42. The maximum atomic E-state index is 11.2. The van der Waals surface area contributed by atoms with E-state index in [0.29, 0.717) is 0 Å². The first kappa shape index (κ1) is 16.3. The Morgan fingerprint density at radius 2 is 1.78 bits per heavy atom. The minimum absolute atomic E-state index is 0.190. The molecule has 0 rings (SSSR count). The van der Waals surface area contributed by atoms with Gasteiger partial charge in [0.05, 0.1) is 12.7 Å².